The average Bonchev–Trinajstić information content (AvgIpc) is 2.58. The van der Waals surface area contributed by atoms with Crippen LogP contribution in [0.1, 0.15) is 23.7 Å². The van der Waals surface area contributed by atoms with Crippen LogP contribution >= 0.6 is 11.8 Å². The molecule has 0 saturated heterocycles. The molecular formula is C20H21N3OS. The number of fused-ring (bicyclic) bond motifs is 1. The van der Waals surface area contributed by atoms with E-state index in [1.807, 2.05) is 70.2 Å². The van der Waals surface area contributed by atoms with Crippen molar-refractivity contribution in [3.63, 3.8) is 0 Å². The fourth-order valence-corrected chi connectivity index (χ4v) is 3.38. The highest BCUT2D eigenvalue weighted by molar-refractivity contribution is 8.00. The van der Waals surface area contributed by atoms with Crippen molar-refractivity contribution in [3.05, 3.63) is 59.3 Å². The first kappa shape index (κ1) is 17.4. The van der Waals surface area contributed by atoms with Gasteiger partial charge in [0.05, 0.1) is 22.0 Å². The first-order valence-electron chi connectivity index (χ1n) is 8.22. The van der Waals surface area contributed by atoms with Crippen molar-refractivity contribution >= 4 is 34.4 Å². The molecule has 0 aliphatic carbocycles. The van der Waals surface area contributed by atoms with E-state index < -0.39 is 0 Å². The van der Waals surface area contributed by atoms with Gasteiger partial charge in [0.2, 0.25) is 5.91 Å². The summed E-state index contributed by atoms with van der Waals surface area (Å²) in [5.41, 5.74) is 5.60. The molecule has 0 spiro atoms. The van der Waals surface area contributed by atoms with Gasteiger partial charge in [-0.25, -0.2) is 9.97 Å². The number of aryl methyl sites for hydroxylation is 3. The van der Waals surface area contributed by atoms with Crippen LogP contribution in [0.3, 0.4) is 0 Å². The van der Waals surface area contributed by atoms with Gasteiger partial charge in [-0.15, -0.1) is 0 Å². The lowest BCUT2D eigenvalue weighted by Crippen LogP contribution is -2.23. The predicted molar refractivity (Wildman–Crippen MR) is 104 cm³/mol. The Balaban J connectivity index is 1.77. The number of para-hydroxylation sites is 2. The molecule has 1 N–H and O–H groups in total. The third-order valence-corrected chi connectivity index (χ3v) is 5.19. The SMILES string of the molecule is Cc1ccc(C)c(NC(=O)[C@H](C)Sc2nc3ccccc3nc2C)c1. The number of hydrogen-bond donors (Lipinski definition) is 1. The highest BCUT2D eigenvalue weighted by Gasteiger charge is 2.18. The lowest BCUT2D eigenvalue weighted by molar-refractivity contribution is -0.115. The van der Waals surface area contributed by atoms with Gasteiger partial charge in [0.1, 0.15) is 5.03 Å². The monoisotopic (exact) mass is 351 g/mol. The minimum absolute atomic E-state index is 0.0342. The van der Waals surface area contributed by atoms with Gasteiger partial charge in [-0.1, -0.05) is 36.0 Å². The Bertz CT molecular complexity index is 939. The van der Waals surface area contributed by atoms with Crippen molar-refractivity contribution in [2.24, 2.45) is 0 Å². The molecule has 0 aliphatic heterocycles. The van der Waals surface area contributed by atoms with Crippen LogP contribution in [-0.2, 0) is 4.79 Å². The molecule has 3 rings (SSSR count). The highest BCUT2D eigenvalue weighted by atomic mass is 32.2. The molecule has 0 radical (unpaired) electrons. The molecule has 5 heteroatoms. The van der Waals surface area contributed by atoms with Gasteiger partial charge in [-0.05, 0) is 57.0 Å². The van der Waals surface area contributed by atoms with Gasteiger partial charge in [-0.3, -0.25) is 4.79 Å². The summed E-state index contributed by atoms with van der Waals surface area (Å²) >= 11 is 1.44. The molecule has 2 aromatic carbocycles. The van der Waals surface area contributed by atoms with Crippen LogP contribution < -0.4 is 5.32 Å². The Hall–Kier alpha value is -2.40. The van der Waals surface area contributed by atoms with E-state index in [0.717, 1.165) is 38.6 Å². The Morgan fingerprint density at radius 2 is 1.72 bits per heavy atom. The number of hydrogen-bond acceptors (Lipinski definition) is 4. The van der Waals surface area contributed by atoms with Crippen LogP contribution in [0, 0.1) is 20.8 Å². The molecule has 1 atom stereocenters. The summed E-state index contributed by atoms with van der Waals surface area (Å²) in [4.78, 5) is 21.8. The molecule has 25 heavy (non-hydrogen) atoms. The van der Waals surface area contributed by atoms with E-state index in [-0.39, 0.29) is 11.2 Å². The van der Waals surface area contributed by atoms with Crippen molar-refractivity contribution in [2.75, 3.05) is 5.32 Å². The average molecular weight is 351 g/mol. The van der Waals surface area contributed by atoms with Gasteiger partial charge < -0.3 is 5.32 Å². The van der Waals surface area contributed by atoms with Crippen LogP contribution in [0.5, 0.6) is 0 Å². The minimum atomic E-state index is -0.269. The maximum absolute atomic E-state index is 12.6. The topological polar surface area (TPSA) is 54.9 Å². The second kappa shape index (κ2) is 7.23. The molecule has 3 aromatic rings. The van der Waals surface area contributed by atoms with Crippen LogP contribution in [0.4, 0.5) is 5.69 Å². The number of carbonyl (C=O) groups is 1. The molecular weight excluding hydrogens is 330 g/mol. The zero-order valence-electron chi connectivity index (χ0n) is 14.8. The zero-order chi connectivity index (χ0) is 18.0. The summed E-state index contributed by atoms with van der Waals surface area (Å²) in [6.45, 7) is 7.83. The van der Waals surface area contributed by atoms with Crippen LogP contribution in [0.15, 0.2) is 47.5 Å². The first-order chi connectivity index (χ1) is 11.9. The number of rotatable bonds is 4. The molecule has 0 aliphatic rings. The lowest BCUT2D eigenvalue weighted by Gasteiger charge is -2.14. The standard InChI is InChI=1S/C20H21N3OS/c1-12-9-10-13(2)18(11-12)22-19(24)15(4)25-20-14(3)21-16-7-5-6-8-17(16)23-20/h5-11,15H,1-4H3,(H,22,24)/t15-/m0/s1. The quantitative estimate of drug-likeness (QED) is 0.694. The fraction of sp³-hybridized carbons (Fsp3) is 0.250. The van der Waals surface area contributed by atoms with E-state index in [0.29, 0.717) is 0 Å². The van der Waals surface area contributed by atoms with E-state index in [1.54, 1.807) is 0 Å². The number of thioether (sulfide) groups is 1. The largest absolute Gasteiger partial charge is 0.325 e. The normalized spacial score (nSPS) is 12.2. The molecule has 4 nitrogen and oxygen atoms in total. The first-order valence-corrected chi connectivity index (χ1v) is 9.10. The Labute approximate surface area is 152 Å². The maximum Gasteiger partial charge on any atom is 0.237 e. The summed E-state index contributed by atoms with van der Waals surface area (Å²) in [7, 11) is 0. The van der Waals surface area contributed by atoms with Gasteiger partial charge in [0, 0.05) is 5.69 Å². The van der Waals surface area contributed by atoms with Gasteiger partial charge >= 0.3 is 0 Å². The summed E-state index contributed by atoms with van der Waals surface area (Å²) in [5.74, 6) is -0.0342. The van der Waals surface area contributed by atoms with Crippen LogP contribution in [0.25, 0.3) is 11.0 Å². The van der Waals surface area contributed by atoms with E-state index in [2.05, 4.69) is 15.3 Å². The zero-order valence-corrected chi connectivity index (χ0v) is 15.6. The Morgan fingerprint density at radius 3 is 2.44 bits per heavy atom. The molecule has 128 valence electrons. The highest BCUT2D eigenvalue weighted by Crippen LogP contribution is 2.27. The maximum atomic E-state index is 12.6. The van der Waals surface area contributed by atoms with E-state index in [1.165, 1.54) is 11.8 Å². The number of amides is 1. The van der Waals surface area contributed by atoms with Crippen molar-refractivity contribution in [3.8, 4) is 0 Å². The molecule has 0 fully saturated rings. The van der Waals surface area contributed by atoms with Gasteiger partial charge in [0.25, 0.3) is 0 Å². The minimum Gasteiger partial charge on any atom is -0.325 e. The molecule has 0 unspecified atom stereocenters. The third-order valence-electron chi connectivity index (χ3n) is 4.01. The molecule has 1 heterocycles. The Morgan fingerprint density at radius 1 is 1.04 bits per heavy atom. The molecule has 1 amide bonds. The summed E-state index contributed by atoms with van der Waals surface area (Å²) < 4.78 is 0. The molecule has 0 bridgehead atoms. The number of nitrogens with one attached hydrogen (secondary N) is 1. The van der Waals surface area contributed by atoms with Gasteiger partial charge in [0.15, 0.2) is 0 Å². The number of benzene rings is 2. The lowest BCUT2D eigenvalue weighted by atomic mass is 10.1. The van der Waals surface area contributed by atoms with Gasteiger partial charge in [-0.2, -0.15) is 0 Å². The van der Waals surface area contributed by atoms with Crippen molar-refractivity contribution < 1.29 is 4.79 Å². The Kier molecular flexibility index (Phi) is 5.04. The number of aromatic nitrogens is 2. The van der Waals surface area contributed by atoms with Crippen LogP contribution in [-0.4, -0.2) is 21.1 Å². The summed E-state index contributed by atoms with van der Waals surface area (Å²) in [6.07, 6.45) is 0. The summed E-state index contributed by atoms with van der Waals surface area (Å²) in [6, 6.07) is 13.8. The number of nitrogens with zero attached hydrogens (tertiary/aromatic N) is 2. The number of anilines is 1. The fourth-order valence-electron chi connectivity index (χ4n) is 2.51. The number of carbonyl (C=O) groups excluding carboxylic acids is 1. The van der Waals surface area contributed by atoms with E-state index in [4.69, 9.17) is 0 Å². The second-order valence-corrected chi connectivity index (χ2v) is 7.50. The third kappa shape index (κ3) is 3.99. The molecule has 0 saturated carbocycles. The van der Waals surface area contributed by atoms with E-state index in [9.17, 15) is 4.79 Å². The van der Waals surface area contributed by atoms with E-state index >= 15 is 0 Å². The predicted octanol–water partition coefficient (Wildman–Crippen LogP) is 4.67. The second-order valence-electron chi connectivity index (χ2n) is 6.17. The van der Waals surface area contributed by atoms with Crippen molar-refractivity contribution in [1.29, 1.82) is 0 Å². The molecule has 1 aromatic heterocycles. The summed E-state index contributed by atoms with van der Waals surface area (Å²) in [5, 5.41) is 3.54. The van der Waals surface area contributed by atoms with Crippen LogP contribution in [0.2, 0.25) is 0 Å². The van der Waals surface area contributed by atoms with Crippen molar-refractivity contribution in [1.82, 2.24) is 9.97 Å². The smallest absolute Gasteiger partial charge is 0.237 e. The van der Waals surface area contributed by atoms with Crippen molar-refractivity contribution in [2.45, 2.75) is 38.0 Å².